The van der Waals surface area contributed by atoms with Gasteiger partial charge in [0.05, 0.1) is 0 Å². The van der Waals surface area contributed by atoms with Crippen LogP contribution in [0.4, 0.5) is 0 Å². The monoisotopic (exact) mass is 224 g/mol. The molecule has 2 rings (SSSR count). The SMILES string of the molecule is CC(C)N1CC(CN2CCC2(C)C)CC1=O. The average Bonchev–Trinajstić information content (AvgIpc) is 2.55. The molecular weight excluding hydrogens is 200 g/mol. The fourth-order valence-corrected chi connectivity index (χ4v) is 2.80. The molecule has 3 heteroatoms. The molecule has 1 amide bonds. The molecule has 0 aromatic rings. The van der Waals surface area contributed by atoms with Gasteiger partial charge in [-0.15, -0.1) is 0 Å². The number of carbonyl (C=O) groups is 1. The van der Waals surface area contributed by atoms with Crippen LogP contribution in [-0.4, -0.2) is 46.9 Å². The van der Waals surface area contributed by atoms with Crippen LogP contribution >= 0.6 is 0 Å². The van der Waals surface area contributed by atoms with Crippen molar-refractivity contribution in [3.8, 4) is 0 Å². The molecule has 2 aliphatic rings. The third-order valence-corrected chi connectivity index (χ3v) is 4.19. The lowest BCUT2D eigenvalue weighted by Crippen LogP contribution is -2.57. The van der Waals surface area contributed by atoms with E-state index in [1.807, 2.05) is 4.90 Å². The zero-order valence-corrected chi connectivity index (χ0v) is 11.0. The molecule has 0 aliphatic carbocycles. The summed E-state index contributed by atoms with van der Waals surface area (Å²) in [5, 5.41) is 0. The van der Waals surface area contributed by atoms with E-state index in [0.29, 0.717) is 23.4 Å². The van der Waals surface area contributed by atoms with Crippen LogP contribution < -0.4 is 0 Å². The molecule has 0 N–H and O–H groups in total. The number of likely N-dealkylation sites (tertiary alicyclic amines) is 2. The van der Waals surface area contributed by atoms with E-state index in [9.17, 15) is 4.79 Å². The Bertz CT molecular complexity index is 286. The third-order valence-electron chi connectivity index (χ3n) is 4.19. The highest BCUT2D eigenvalue weighted by Crippen LogP contribution is 2.32. The minimum absolute atomic E-state index is 0.346. The Hall–Kier alpha value is -0.570. The third kappa shape index (κ3) is 2.10. The lowest BCUT2D eigenvalue weighted by atomic mass is 9.87. The highest BCUT2D eigenvalue weighted by molar-refractivity contribution is 5.78. The maximum absolute atomic E-state index is 11.8. The van der Waals surface area contributed by atoms with Crippen molar-refractivity contribution in [2.24, 2.45) is 5.92 Å². The second kappa shape index (κ2) is 4.02. The van der Waals surface area contributed by atoms with Crippen molar-refractivity contribution in [3.63, 3.8) is 0 Å². The molecule has 2 saturated heterocycles. The topological polar surface area (TPSA) is 23.6 Å². The Morgan fingerprint density at radius 2 is 2.12 bits per heavy atom. The summed E-state index contributed by atoms with van der Waals surface area (Å²) in [7, 11) is 0. The Balaban J connectivity index is 1.87. The number of amides is 1. The standard InChI is InChI=1S/C13H24N2O/c1-10(2)15-9-11(7-12(15)16)8-14-6-5-13(14,3)4/h10-11H,5-9H2,1-4H3. The van der Waals surface area contributed by atoms with Gasteiger partial charge >= 0.3 is 0 Å². The summed E-state index contributed by atoms with van der Waals surface area (Å²) in [6, 6.07) is 0.363. The summed E-state index contributed by atoms with van der Waals surface area (Å²) in [5.41, 5.74) is 0.369. The molecule has 0 aromatic carbocycles. The Labute approximate surface area is 98.8 Å². The zero-order chi connectivity index (χ0) is 11.9. The first-order chi connectivity index (χ1) is 7.40. The van der Waals surface area contributed by atoms with E-state index in [2.05, 4.69) is 32.6 Å². The van der Waals surface area contributed by atoms with Crippen molar-refractivity contribution in [1.29, 1.82) is 0 Å². The molecule has 0 bridgehead atoms. The predicted molar refractivity (Wildman–Crippen MR) is 65.2 cm³/mol. The first-order valence-electron chi connectivity index (χ1n) is 6.44. The van der Waals surface area contributed by atoms with Crippen molar-refractivity contribution in [3.05, 3.63) is 0 Å². The van der Waals surface area contributed by atoms with Crippen LogP contribution in [0.5, 0.6) is 0 Å². The van der Waals surface area contributed by atoms with Crippen molar-refractivity contribution in [2.75, 3.05) is 19.6 Å². The summed E-state index contributed by atoms with van der Waals surface area (Å²) < 4.78 is 0. The first-order valence-corrected chi connectivity index (χ1v) is 6.44. The fourth-order valence-electron chi connectivity index (χ4n) is 2.80. The van der Waals surface area contributed by atoms with Gasteiger partial charge in [0.25, 0.3) is 0 Å². The Morgan fingerprint density at radius 3 is 2.50 bits per heavy atom. The molecule has 1 unspecified atom stereocenters. The van der Waals surface area contributed by atoms with Crippen molar-refractivity contribution < 1.29 is 4.79 Å². The number of carbonyl (C=O) groups excluding carboxylic acids is 1. The molecule has 16 heavy (non-hydrogen) atoms. The van der Waals surface area contributed by atoms with Gasteiger partial charge in [-0.2, -0.15) is 0 Å². The highest BCUT2D eigenvalue weighted by atomic mass is 16.2. The Morgan fingerprint density at radius 1 is 1.44 bits per heavy atom. The summed E-state index contributed by atoms with van der Waals surface area (Å²) in [5.74, 6) is 0.896. The molecule has 0 aromatic heterocycles. The van der Waals surface area contributed by atoms with Gasteiger partial charge in [0.15, 0.2) is 0 Å². The van der Waals surface area contributed by atoms with E-state index < -0.39 is 0 Å². The summed E-state index contributed by atoms with van der Waals surface area (Å²) in [6.07, 6.45) is 2.05. The second-order valence-electron chi connectivity index (χ2n) is 6.22. The summed E-state index contributed by atoms with van der Waals surface area (Å²) >= 11 is 0. The average molecular weight is 224 g/mol. The molecular formula is C13H24N2O. The molecule has 0 radical (unpaired) electrons. The van der Waals surface area contributed by atoms with Gasteiger partial charge in [0, 0.05) is 37.6 Å². The predicted octanol–water partition coefficient (Wildman–Crippen LogP) is 1.73. The lowest BCUT2D eigenvalue weighted by Gasteiger charge is -2.49. The van der Waals surface area contributed by atoms with Crippen LogP contribution in [0.25, 0.3) is 0 Å². The van der Waals surface area contributed by atoms with E-state index in [0.717, 1.165) is 19.5 Å². The van der Waals surface area contributed by atoms with Gasteiger partial charge in [-0.1, -0.05) is 0 Å². The Kier molecular flexibility index (Phi) is 2.99. The molecule has 0 saturated carbocycles. The molecule has 2 aliphatic heterocycles. The summed E-state index contributed by atoms with van der Waals surface area (Å²) in [6.45, 7) is 12.1. The van der Waals surface area contributed by atoms with Gasteiger partial charge in [-0.25, -0.2) is 0 Å². The largest absolute Gasteiger partial charge is 0.340 e. The van der Waals surface area contributed by atoms with Crippen molar-refractivity contribution >= 4 is 5.91 Å². The van der Waals surface area contributed by atoms with E-state index >= 15 is 0 Å². The van der Waals surface area contributed by atoms with Crippen LogP contribution in [0.1, 0.15) is 40.5 Å². The van der Waals surface area contributed by atoms with E-state index in [-0.39, 0.29) is 0 Å². The maximum Gasteiger partial charge on any atom is 0.223 e. The first kappa shape index (κ1) is 11.9. The fraction of sp³-hybridized carbons (Fsp3) is 0.923. The zero-order valence-electron chi connectivity index (χ0n) is 11.0. The van der Waals surface area contributed by atoms with E-state index in [1.54, 1.807) is 0 Å². The molecule has 3 nitrogen and oxygen atoms in total. The smallest absolute Gasteiger partial charge is 0.223 e. The van der Waals surface area contributed by atoms with Crippen molar-refractivity contribution in [2.45, 2.75) is 52.1 Å². The number of hydrogen-bond donors (Lipinski definition) is 0. The normalized spacial score (nSPS) is 29.9. The molecule has 2 heterocycles. The number of nitrogens with zero attached hydrogens (tertiary/aromatic N) is 2. The molecule has 1 atom stereocenters. The molecule has 92 valence electrons. The maximum atomic E-state index is 11.8. The van der Waals surface area contributed by atoms with Crippen LogP contribution in [0.3, 0.4) is 0 Å². The van der Waals surface area contributed by atoms with Gasteiger partial charge in [0.2, 0.25) is 5.91 Å². The molecule has 2 fully saturated rings. The molecule has 0 spiro atoms. The van der Waals surface area contributed by atoms with Crippen LogP contribution in [-0.2, 0) is 4.79 Å². The van der Waals surface area contributed by atoms with Crippen LogP contribution in [0.2, 0.25) is 0 Å². The minimum atomic E-state index is 0.346. The van der Waals surface area contributed by atoms with Gasteiger partial charge < -0.3 is 4.90 Å². The van der Waals surface area contributed by atoms with Gasteiger partial charge in [-0.05, 0) is 40.0 Å². The summed E-state index contributed by atoms with van der Waals surface area (Å²) in [4.78, 5) is 16.3. The minimum Gasteiger partial charge on any atom is -0.340 e. The van der Waals surface area contributed by atoms with Crippen LogP contribution in [0.15, 0.2) is 0 Å². The van der Waals surface area contributed by atoms with Crippen LogP contribution in [0, 0.1) is 5.92 Å². The second-order valence-corrected chi connectivity index (χ2v) is 6.22. The van der Waals surface area contributed by atoms with Crippen molar-refractivity contribution in [1.82, 2.24) is 9.80 Å². The quantitative estimate of drug-likeness (QED) is 0.729. The lowest BCUT2D eigenvalue weighted by molar-refractivity contribution is -0.129. The number of rotatable bonds is 3. The van der Waals surface area contributed by atoms with E-state index in [1.165, 1.54) is 13.0 Å². The van der Waals surface area contributed by atoms with E-state index in [4.69, 9.17) is 0 Å². The van der Waals surface area contributed by atoms with Gasteiger partial charge in [0.1, 0.15) is 0 Å². The highest BCUT2D eigenvalue weighted by Gasteiger charge is 2.39. The number of hydrogen-bond acceptors (Lipinski definition) is 2. The van der Waals surface area contributed by atoms with Gasteiger partial charge in [-0.3, -0.25) is 9.69 Å².